The summed E-state index contributed by atoms with van der Waals surface area (Å²) in [4.78, 5) is 36.3. The molecule has 0 saturated heterocycles. The standard InChI is InChI=1S/C18H20O4/c1-18(2)10-15(20)17(16(21)11-18)14(19)9-6-12-4-7-13(22-3)8-5-12/h4-9,17H,10-11H2,1-3H3. The second-order valence-electron chi connectivity index (χ2n) is 6.39. The number of Topliss-reactive ketones (excluding diaryl/α,β-unsaturated/α-hetero) is 2. The lowest BCUT2D eigenvalue weighted by atomic mass is 9.70. The lowest BCUT2D eigenvalue weighted by Gasteiger charge is -2.30. The summed E-state index contributed by atoms with van der Waals surface area (Å²) in [7, 11) is 1.58. The first-order valence-electron chi connectivity index (χ1n) is 7.24. The lowest BCUT2D eigenvalue weighted by molar-refractivity contribution is -0.143. The molecule has 4 heteroatoms. The van der Waals surface area contributed by atoms with Gasteiger partial charge in [0.05, 0.1) is 7.11 Å². The molecule has 0 spiro atoms. The van der Waals surface area contributed by atoms with E-state index >= 15 is 0 Å². The highest BCUT2D eigenvalue weighted by atomic mass is 16.5. The number of rotatable bonds is 4. The van der Waals surface area contributed by atoms with Gasteiger partial charge in [0.15, 0.2) is 17.3 Å². The van der Waals surface area contributed by atoms with Gasteiger partial charge in [0, 0.05) is 12.8 Å². The first kappa shape index (κ1) is 16.1. The molecule has 0 radical (unpaired) electrons. The summed E-state index contributed by atoms with van der Waals surface area (Å²) in [6, 6.07) is 7.17. The van der Waals surface area contributed by atoms with Crippen LogP contribution in [0, 0.1) is 11.3 Å². The molecule has 0 N–H and O–H groups in total. The van der Waals surface area contributed by atoms with E-state index in [2.05, 4.69) is 0 Å². The van der Waals surface area contributed by atoms with E-state index in [1.807, 2.05) is 13.8 Å². The third-order valence-electron chi connectivity index (χ3n) is 3.79. The Balaban J connectivity index is 2.09. The van der Waals surface area contributed by atoms with Crippen LogP contribution >= 0.6 is 0 Å². The molecular formula is C18H20O4. The minimum Gasteiger partial charge on any atom is -0.497 e. The quantitative estimate of drug-likeness (QED) is 0.633. The first-order chi connectivity index (χ1) is 10.3. The zero-order chi connectivity index (χ0) is 16.3. The van der Waals surface area contributed by atoms with Gasteiger partial charge in [0.1, 0.15) is 11.7 Å². The molecule has 0 atom stereocenters. The van der Waals surface area contributed by atoms with E-state index in [1.54, 1.807) is 37.5 Å². The van der Waals surface area contributed by atoms with E-state index in [-0.39, 0.29) is 29.8 Å². The maximum absolute atomic E-state index is 12.2. The van der Waals surface area contributed by atoms with Crippen LogP contribution in [0.15, 0.2) is 30.3 Å². The van der Waals surface area contributed by atoms with Crippen molar-refractivity contribution >= 4 is 23.4 Å². The van der Waals surface area contributed by atoms with Gasteiger partial charge in [-0.1, -0.05) is 32.1 Å². The van der Waals surface area contributed by atoms with Crippen molar-refractivity contribution < 1.29 is 19.1 Å². The Bertz CT molecular complexity index is 603. The van der Waals surface area contributed by atoms with Crippen molar-refractivity contribution in [2.75, 3.05) is 7.11 Å². The topological polar surface area (TPSA) is 60.4 Å². The van der Waals surface area contributed by atoms with Crippen LogP contribution in [0.4, 0.5) is 0 Å². The number of hydrogen-bond donors (Lipinski definition) is 0. The molecule has 0 bridgehead atoms. The van der Waals surface area contributed by atoms with E-state index in [9.17, 15) is 14.4 Å². The molecule has 1 aromatic carbocycles. The molecular weight excluding hydrogens is 280 g/mol. The van der Waals surface area contributed by atoms with Crippen molar-refractivity contribution in [3.05, 3.63) is 35.9 Å². The summed E-state index contributed by atoms with van der Waals surface area (Å²) < 4.78 is 5.06. The monoisotopic (exact) mass is 300 g/mol. The Morgan fingerprint density at radius 3 is 2.18 bits per heavy atom. The van der Waals surface area contributed by atoms with E-state index < -0.39 is 11.7 Å². The Labute approximate surface area is 130 Å². The van der Waals surface area contributed by atoms with E-state index in [0.717, 1.165) is 11.3 Å². The molecule has 1 saturated carbocycles. The molecule has 0 heterocycles. The van der Waals surface area contributed by atoms with Crippen LogP contribution in [-0.2, 0) is 14.4 Å². The van der Waals surface area contributed by atoms with Crippen LogP contribution in [0.1, 0.15) is 32.3 Å². The van der Waals surface area contributed by atoms with Gasteiger partial charge in [-0.25, -0.2) is 0 Å². The second kappa shape index (κ2) is 6.26. The number of benzene rings is 1. The number of hydrogen-bond acceptors (Lipinski definition) is 4. The highest BCUT2D eigenvalue weighted by Crippen LogP contribution is 2.34. The molecule has 1 aliphatic rings. The molecule has 2 rings (SSSR count). The van der Waals surface area contributed by atoms with Gasteiger partial charge in [-0.15, -0.1) is 0 Å². The minimum atomic E-state index is -1.12. The fraction of sp³-hybridized carbons (Fsp3) is 0.389. The average molecular weight is 300 g/mol. The first-order valence-corrected chi connectivity index (χ1v) is 7.24. The molecule has 0 unspecified atom stereocenters. The van der Waals surface area contributed by atoms with Crippen molar-refractivity contribution in [3.63, 3.8) is 0 Å². The van der Waals surface area contributed by atoms with Crippen LogP contribution in [0.5, 0.6) is 5.75 Å². The summed E-state index contributed by atoms with van der Waals surface area (Å²) in [6.45, 7) is 3.74. The van der Waals surface area contributed by atoms with Crippen LogP contribution in [0.25, 0.3) is 6.08 Å². The fourth-order valence-corrected chi connectivity index (χ4v) is 2.70. The average Bonchev–Trinajstić information content (AvgIpc) is 2.43. The molecule has 1 fully saturated rings. The third-order valence-corrected chi connectivity index (χ3v) is 3.79. The highest BCUT2D eigenvalue weighted by Gasteiger charge is 2.42. The van der Waals surface area contributed by atoms with Crippen molar-refractivity contribution in [1.82, 2.24) is 0 Å². The fourth-order valence-electron chi connectivity index (χ4n) is 2.70. The zero-order valence-corrected chi connectivity index (χ0v) is 13.1. The molecule has 0 aliphatic heterocycles. The van der Waals surface area contributed by atoms with Crippen LogP contribution in [0.2, 0.25) is 0 Å². The Hall–Kier alpha value is -2.23. The molecule has 4 nitrogen and oxygen atoms in total. The van der Waals surface area contributed by atoms with Gasteiger partial charge in [0.2, 0.25) is 0 Å². The van der Waals surface area contributed by atoms with E-state index in [1.165, 1.54) is 6.08 Å². The molecule has 1 aromatic rings. The van der Waals surface area contributed by atoms with Gasteiger partial charge in [-0.05, 0) is 29.2 Å². The number of carbonyl (C=O) groups excluding carboxylic acids is 3. The van der Waals surface area contributed by atoms with E-state index in [0.29, 0.717) is 0 Å². The molecule has 116 valence electrons. The summed E-state index contributed by atoms with van der Waals surface area (Å²) in [5, 5.41) is 0. The van der Waals surface area contributed by atoms with Crippen LogP contribution in [-0.4, -0.2) is 24.5 Å². The van der Waals surface area contributed by atoms with Gasteiger partial charge in [-0.2, -0.15) is 0 Å². The number of methoxy groups -OCH3 is 1. The maximum Gasteiger partial charge on any atom is 0.173 e. The number of ketones is 3. The summed E-state index contributed by atoms with van der Waals surface area (Å²) in [5.74, 6) is -1.37. The molecule has 22 heavy (non-hydrogen) atoms. The lowest BCUT2D eigenvalue weighted by Crippen LogP contribution is -2.41. The normalized spacial score (nSPS) is 18.7. The van der Waals surface area contributed by atoms with Gasteiger partial charge in [-0.3, -0.25) is 14.4 Å². The van der Waals surface area contributed by atoms with Crippen molar-refractivity contribution in [3.8, 4) is 5.75 Å². The summed E-state index contributed by atoms with van der Waals surface area (Å²) in [6.07, 6.45) is 3.47. The number of allylic oxidation sites excluding steroid dienone is 1. The minimum absolute atomic E-state index is 0.269. The second-order valence-corrected chi connectivity index (χ2v) is 6.39. The predicted octanol–water partition coefficient (Wildman–Crippen LogP) is 2.85. The number of carbonyl (C=O) groups is 3. The molecule has 1 aliphatic carbocycles. The summed E-state index contributed by atoms with van der Waals surface area (Å²) >= 11 is 0. The van der Waals surface area contributed by atoms with E-state index in [4.69, 9.17) is 4.74 Å². The van der Waals surface area contributed by atoms with Crippen molar-refractivity contribution in [2.24, 2.45) is 11.3 Å². The predicted molar refractivity (Wildman–Crippen MR) is 83.6 cm³/mol. The van der Waals surface area contributed by atoms with Gasteiger partial charge >= 0.3 is 0 Å². The Morgan fingerprint density at radius 2 is 1.68 bits per heavy atom. The Kier molecular flexibility index (Phi) is 4.59. The zero-order valence-electron chi connectivity index (χ0n) is 13.1. The number of ether oxygens (including phenoxy) is 1. The Morgan fingerprint density at radius 1 is 1.14 bits per heavy atom. The van der Waals surface area contributed by atoms with Crippen molar-refractivity contribution in [2.45, 2.75) is 26.7 Å². The van der Waals surface area contributed by atoms with Gasteiger partial charge in [0.25, 0.3) is 0 Å². The molecule has 0 amide bonds. The van der Waals surface area contributed by atoms with Crippen LogP contribution in [0.3, 0.4) is 0 Å². The SMILES string of the molecule is COc1ccc(C=CC(=O)C2C(=O)CC(C)(C)CC2=O)cc1. The smallest absolute Gasteiger partial charge is 0.173 e. The maximum atomic E-state index is 12.2. The van der Waals surface area contributed by atoms with Crippen molar-refractivity contribution in [1.29, 1.82) is 0 Å². The summed E-state index contributed by atoms with van der Waals surface area (Å²) in [5.41, 5.74) is 0.468. The largest absolute Gasteiger partial charge is 0.497 e. The molecule has 0 aromatic heterocycles. The van der Waals surface area contributed by atoms with Crippen LogP contribution < -0.4 is 4.74 Å². The third kappa shape index (κ3) is 3.70. The highest BCUT2D eigenvalue weighted by molar-refractivity contribution is 6.24. The van der Waals surface area contributed by atoms with Gasteiger partial charge < -0.3 is 4.74 Å².